The van der Waals surface area contributed by atoms with Crippen LogP contribution in [0.3, 0.4) is 0 Å². The molecule has 0 unspecified atom stereocenters. The molecule has 0 spiro atoms. The molecule has 0 radical (unpaired) electrons. The average molecular weight is 164 g/mol. The second-order valence-electron chi connectivity index (χ2n) is 2.83. The van der Waals surface area contributed by atoms with Crippen molar-refractivity contribution in [3.63, 3.8) is 0 Å². The number of hydrogen-bond acceptors (Lipinski definition) is 2. The molecule has 2 heteroatoms. The zero-order valence-electron chi connectivity index (χ0n) is 7.51. The SMILES string of the molecule is CCCc1ccc(NCN)cc1. The molecule has 1 rings (SSSR count). The number of nitrogens with two attached hydrogens (primary N) is 1. The van der Waals surface area contributed by atoms with E-state index < -0.39 is 0 Å². The van der Waals surface area contributed by atoms with Crippen LogP contribution >= 0.6 is 0 Å². The van der Waals surface area contributed by atoms with Crippen molar-refractivity contribution in [3.8, 4) is 0 Å². The van der Waals surface area contributed by atoms with E-state index in [9.17, 15) is 0 Å². The van der Waals surface area contributed by atoms with Crippen molar-refractivity contribution in [2.24, 2.45) is 5.73 Å². The van der Waals surface area contributed by atoms with Crippen molar-refractivity contribution in [2.75, 3.05) is 12.0 Å². The van der Waals surface area contributed by atoms with E-state index in [0.717, 1.165) is 12.1 Å². The van der Waals surface area contributed by atoms with Gasteiger partial charge in [-0.1, -0.05) is 25.5 Å². The average Bonchev–Trinajstić information content (AvgIpc) is 2.09. The maximum absolute atomic E-state index is 5.35. The lowest BCUT2D eigenvalue weighted by atomic mass is 10.1. The quantitative estimate of drug-likeness (QED) is 0.668. The minimum Gasteiger partial charge on any atom is -0.373 e. The summed E-state index contributed by atoms with van der Waals surface area (Å²) in [4.78, 5) is 0. The molecular formula is C10H16N2. The summed E-state index contributed by atoms with van der Waals surface area (Å²) in [5, 5.41) is 3.05. The van der Waals surface area contributed by atoms with E-state index in [-0.39, 0.29) is 0 Å². The van der Waals surface area contributed by atoms with Gasteiger partial charge in [0.2, 0.25) is 0 Å². The Morgan fingerprint density at radius 2 is 1.92 bits per heavy atom. The molecule has 0 aliphatic heterocycles. The van der Waals surface area contributed by atoms with E-state index in [2.05, 4.69) is 36.5 Å². The second-order valence-corrected chi connectivity index (χ2v) is 2.83. The van der Waals surface area contributed by atoms with Crippen LogP contribution in [0.15, 0.2) is 24.3 Å². The fraction of sp³-hybridized carbons (Fsp3) is 0.400. The van der Waals surface area contributed by atoms with Crippen LogP contribution in [0.2, 0.25) is 0 Å². The fourth-order valence-electron chi connectivity index (χ4n) is 1.20. The van der Waals surface area contributed by atoms with Crippen LogP contribution in [0, 0.1) is 0 Å². The van der Waals surface area contributed by atoms with Crippen molar-refractivity contribution >= 4 is 5.69 Å². The molecule has 12 heavy (non-hydrogen) atoms. The molecule has 1 aromatic carbocycles. The van der Waals surface area contributed by atoms with Crippen LogP contribution in [0.5, 0.6) is 0 Å². The number of benzene rings is 1. The lowest BCUT2D eigenvalue weighted by molar-refractivity contribution is 0.922. The number of rotatable bonds is 4. The lowest BCUT2D eigenvalue weighted by Gasteiger charge is -2.03. The standard InChI is InChI=1S/C10H16N2/c1-2-3-9-4-6-10(7-5-9)12-8-11/h4-7,12H,2-3,8,11H2,1H3. The van der Waals surface area contributed by atoms with Gasteiger partial charge in [0.15, 0.2) is 0 Å². The first-order chi connectivity index (χ1) is 5.86. The van der Waals surface area contributed by atoms with Gasteiger partial charge in [0.05, 0.1) is 6.67 Å². The third-order valence-electron chi connectivity index (χ3n) is 1.80. The number of nitrogens with one attached hydrogen (secondary N) is 1. The Bertz CT molecular complexity index is 191. The highest BCUT2D eigenvalue weighted by atomic mass is 15.0. The van der Waals surface area contributed by atoms with Crippen LogP contribution < -0.4 is 11.1 Å². The third kappa shape index (κ3) is 2.55. The van der Waals surface area contributed by atoms with Crippen molar-refractivity contribution in [1.29, 1.82) is 0 Å². The lowest BCUT2D eigenvalue weighted by Crippen LogP contribution is -2.10. The van der Waals surface area contributed by atoms with Crippen LogP contribution in [0.25, 0.3) is 0 Å². The van der Waals surface area contributed by atoms with Gasteiger partial charge in [-0.2, -0.15) is 0 Å². The molecule has 0 aliphatic rings. The smallest absolute Gasteiger partial charge is 0.0628 e. The predicted molar refractivity (Wildman–Crippen MR) is 53.1 cm³/mol. The molecular weight excluding hydrogens is 148 g/mol. The Labute approximate surface area is 73.8 Å². The van der Waals surface area contributed by atoms with Crippen LogP contribution in [-0.2, 0) is 6.42 Å². The normalized spacial score (nSPS) is 9.83. The summed E-state index contributed by atoms with van der Waals surface area (Å²) in [5.41, 5.74) is 7.83. The summed E-state index contributed by atoms with van der Waals surface area (Å²) >= 11 is 0. The van der Waals surface area contributed by atoms with Crippen LogP contribution in [0.4, 0.5) is 5.69 Å². The molecule has 66 valence electrons. The Kier molecular flexibility index (Phi) is 3.61. The van der Waals surface area contributed by atoms with E-state index in [1.165, 1.54) is 12.0 Å². The summed E-state index contributed by atoms with van der Waals surface area (Å²) < 4.78 is 0. The second kappa shape index (κ2) is 4.78. The summed E-state index contributed by atoms with van der Waals surface area (Å²) in [6.07, 6.45) is 2.35. The van der Waals surface area contributed by atoms with Crippen LogP contribution in [-0.4, -0.2) is 6.67 Å². The first-order valence-corrected chi connectivity index (χ1v) is 4.39. The monoisotopic (exact) mass is 164 g/mol. The minimum absolute atomic E-state index is 0.493. The maximum atomic E-state index is 5.35. The topological polar surface area (TPSA) is 38.0 Å². The van der Waals surface area contributed by atoms with Crippen molar-refractivity contribution in [1.82, 2.24) is 0 Å². The van der Waals surface area contributed by atoms with Gasteiger partial charge in [-0.3, -0.25) is 0 Å². The largest absolute Gasteiger partial charge is 0.373 e. The molecule has 3 N–H and O–H groups in total. The van der Waals surface area contributed by atoms with Gasteiger partial charge in [0, 0.05) is 5.69 Å². The Morgan fingerprint density at radius 1 is 1.25 bits per heavy atom. The van der Waals surface area contributed by atoms with Gasteiger partial charge in [0.1, 0.15) is 0 Å². The summed E-state index contributed by atoms with van der Waals surface area (Å²) in [6.45, 7) is 2.68. The highest BCUT2D eigenvalue weighted by Crippen LogP contribution is 2.09. The summed E-state index contributed by atoms with van der Waals surface area (Å²) in [6, 6.07) is 8.42. The van der Waals surface area contributed by atoms with Crippen molar-refractivity contribution in [2.45, 2.75) is 19.8 Å². The molecule has 0 aromatic heterocycles. The number of hydrogen-bond donors (Lipinski definition) is 2. The Balaban J connectivity index is 2.58. The third-order valence-corrected chi connectivity index (χ3v) is 1.80. The van der Waals surface area contributed by atoms with E-state index in [4.69, 9.17) is 5.73 Å². The molecule has 0 aliphatic carbocycles. The molecule has 0 fully saturated rings. The van der Waals surface area contributed by atoms with E-state index in [0.29, 0.717) is 6.67 Å². The summed E-state index contributed by atoms with van der Waals surface area (Å²) in [5.74, 6) is 0. The molecule has 0 bridgehead atoms. The first-order valence-electron chi connectivity index (χ1n) is 4.39. The van der Waals surface area contributed by atoms with E-state index in [1.807, 2.05) is 0 Å². The van der Waals surface area contributed by atoms with E-state index in [1.54, 1.807) is 0 Å². The van der Waals surface area contributed by atoms with Gasteiger partial charge < -0.3 is 11.1 Å². The molecule has 0 saturated carbocycles. The zero-order chi connectivity index (χ0) is 8.81. The highest BCUT2D eigenvalue weighted by molar-refractivity contribution is 5.44. The van der Waals surface area contributed by atoms with Gasteiger partial charge in [-0.15, -0.1) is 0 Å². The fourth-order valence-corrected chi connectivity index (χ4v) is 1.20. The maximum Gasteiger partial charge on any atom is 0.0628 e. The molecule has 0 atom stereocenters. The predicted octanol–water partition coefficient (Wildman–Crippen LogP) is 1.97. The van der Waals surface area contributed by atoms with E-state index >= 15 is 0 Å². The van der Waals surface area contributed by atoms with Crippen molar-refractivity contribution in [3.05, 3.63) is 29.8 Å². The first kappa shape index (κ1) is 9.07. The Hall–Kier alpha value is -1.02. The number of aryl methyl sites for hydroxylation is 1. The summed E-state index contributed by atoms with van der Waals surface area (Å²) in [7, 11) is 0. The van der Waals surface area contributed by atoms with Gasteiger partial charge in [-0.25, -0.2) is 0 Å². The minimum atomic E-state index is 0.493. The van der Waals surface area contributed by atoms with Gasteiger partial charge >= 0.3 is 0 Å². The van der Waals surface area contributed by atoms with Gasteiger partial charge in [0.25, 0.3) is 0 Å². The van der Waals surface area contributed by atoms with Crippen molar-refractivity contribution < 1.29 is 0 Å². The molecule has 2 nitrogen and oxygen atoms in total. The zero-order valence-corrected chi connectivity index (χ0v) is 7.51. The molecule has 1 aromatic rings. The molecule has 0 amide bonds. The van der Waals surface area contributed by atoms with Crippen LogP contribution in [0.1, 0.15) is 18.9 Å². The molecule has 0 saturated heterocycles. The molecule has 0 heterocycles. The van der Waals surface area contributed by atoms with Gasteiger partial charge in [-0.05, 0) is 24.1 Å². The number of anilines is 1. The highest BCUT2D eigenvalue weighted by Gasteiger charge is 1.91. The Morgan fingerprint density at radius 3 is 2.42 bits per heavy atom.